The summed E-state index contributed by atoms with van der Waals surface area (Å²) in [6.07, 6.45) is -1.93. The second kappa shape index (κ2) is 5.39. The summed E-state index contributed by atoms with van der Waals surface area (Å²) in [6, 6.07) is 0.824. The highest BCUT2D eigenvalue weighted by Crippen LogP contribution is 2.28. The number of sulfonamides is 1. The van der Waals surface area contributed by atoms with Gasteiger partial charge in [-0.3, -0.25) is 4.68 Å². The van der Waals surface area contributed by atoms with Gasteiger partial charge in [-0.05, 0) is 6.07 Å². The highest BCUT2D eigenvalue weighted by Gasteiger charge is 2.35. The smallest absolute Gasteiger partial charge is 0.339 e. The van der Waals surface area contributed by atoms with Gasteiger partial charge in [0, 0.05) is 27.3 Å². The summed E-state index contributed by atoms with van der Waals surface area (Å²) in [4.78, 5) is 3.75. The van der Waals surface area contributed by atoms with Gasteiger partial charge in [0.05, 0.1) is 18.6 Å². The topological polar surface area (TPSA) is 73.0 Å². The summed E-state index contributed by atoms with van der Waals surface area (Å²) >= 11 is 0. The summed E-state index contributed by atoms with van der Waals surface area (Å²) in [5.74, 6) is 0. The Labute approximate surface area is 125 Å². The van der Waals surface area contributed by atoms with E-state index in [1.807, 2.05) is 0 Å². The van der Waals surface area contributed by atoms with Gasteiger partial charge in [0.2, 0.25) is 0 Å². The first-order valence-electron chi connectivity index (χ1n) is 6.06. The molecular formula is C11H14F3N5O2S. The molecule has 0 aliphatic carbocycles. The van der Waals surface area contributed by atoms with Gasteiger partial charge in [-0.15, -0.1) is 0 Å². The van der Waals surface area contributed by atoms with Gasteiger partial charge in [-0.2, -0.15) is 22.6 Å². The zero-order valence-corrected chi connectivity index (χ0v) is 12.9. The monoisotopic (exact) mass is 337 g/mol. The van der Waals surface area contributed by atoms with Crippen molar-refractivity contribution in [2.24, 2.45) is 14.1 Å². The van der Waals surface area contributed by atoms with Crippen LogP contribution >= 0.6 is 0 Å². The number of aromatic nitrogens is 4. The van der Waals surface area contributed by atoms with Crippen LogP contribution in [0.5, 0.6) is 0 Å². The Morgan fingerprint density at radius 3 is 2.41 bits per heavy atom. The van der Waals surface area contributed by atoms with Crippen LogP contribution < -0.4 is 0 Å². The minimum absolute atomic E-state index is 0.120. The van der Waals surface area contributed by atoms with Crippen molar-refractivity contribution in [3.05, 3.63) is 30.0 Å². The molecular weight excluding hydrogens is 323 g/mol. The average Bonchev–Trinajstić information content (AvgIpc) is 2.96. The third-order valence-corrected chi connectivity index (χ3v) is 4.70. The van der Waals surface area contributed by atoms with Crippen LogP contribution in [-0.4, -0.2) is 39.1 Å². The van der Waals surface area contributed by atoms with E-state index in [1.165, 1.54) is 31.2 Å². The van der Waals surface area contributed by atoms with Gasteiger partial charge in [0.15, 0.2) is 10.7 Å². The summed E-state index contributed by atoms with van der Waals surface area (Å²) in [7, 11) is 0.327. The first kappa shape index (κ1) is 16.5. The van der Waals surface area contributed by atoms with Crippen LogP contribution in [-0.2, 0) is 36.8 Å². The van der Waals surface area contributed by atoms with Crippen LogP contribution in [0.15, 0.2) is 23.6 Å². The van der Waals surface area contributed by atoms with E-state index >= 15 is 0 Å². The lowest BCUT2D eigenvalue weighted by Gasteiger charge is -2.15. The number of halogens is 3. The summed E-state index contributed by atoms with van der Waals surface area (Å²) in [5.41, 5.74) is -0.942. The van der Waals surface area contributed by atoms with Crippen molar-refractivity contribution >= 4 is 10.0 Å². The average molecular weight is 337 g/mol. The van der Waals surface area contributed by atoms with E-state index in [9.17, 15) is 21.6 Å². The molecule has 0 atom stereocenters. The fourth-order valence-corrected chi connectivity index (χ4v) is 2.89. The molecule has 2 aromatic rings. The van der Waals surface area contributed by atoms with Crippen molar-refractivity contribution in [3.63, 3.8) is 0 Å². The largest absolute Gasteiger partial charge is 0.435 e. The lowest BCUT2D eigenvalue weighted by Crippen LogP contribution is -2.27. The zero-order chi connectivity index (χ0) is 16.7. The second-order valence-electron chi connectivity index (χ2n) is 4.78. The van der Waals surface area contributed by atoms with E-state index in [1.54, 1.807) is 7.05 Å². The SMILES string of the molecule is CN(Cc1cc(C(F)(F)F)nn1C)S(=O)(=O)c1cn(C)cn1. The fourth-order valence-electron chi connectivity index (χ4n) is 1.79. The van der Waals surface area contributed by atoms with Crippen LogP contribution in [0.1, 0.15) is 11.4 Å². The van der Waals surface area contributed by atoms with Gasteiger partial charge in [0.25, 0.3) is 10.0 Å². The highest BCUT2D eigenvalue weighted by atomic mass is 32.2. The van der Waals surface area contributed by atoms with Crippen molar-refractivity contribution in [2.75, 3.05) is 7.05 Å². The number of hydrogen-bond acceptors (Lipinski definition) is 4. The molecule has 2 aromatic heterocycles. The maximum Gasteiger partial charge on any atom is 0.435 e. The Balaban J connectivity index is 2.26. The number of alkyl halides is 3. The molecule has 7 nitrogen and oxygen atoms in total. The Morgan fingerprint density at radius 1 is 1.32 bits per heavy atom. The Bertz CT molecular complexity index is 778. The first-order valence-corrected chi connectivity index (χ1v) is 7.50. The van der Waals surface area contributed by atoms with Crippen molar-refractivity contribution in [2.45, 2.75) is 17.7 Å². The van der Waals surface area contributed by atoms with Crippen LogP contribution in [0.2, 0.25) is 0 Å². The molecule has 0 fully saturated rings. The van der Waals surface area contributed by atoms with E-state index in [0.29, 0.717) is 0 Å². The molecule has 2 rings (SSSR count). The molecule has 0 saturated heterocycles. The predicted molar refractivity (Wildman–Crippen MR) is 70.1 cm³/mol. The lowest BCUT2D eigenvalue weighted by atomic mass is 10.3. The van der Waals surface area contributed by atoms with Crippen LogP contribution in [0.3, 0.4) is 0 Å². The van der Waals surface area contributed by atoms with E-state index in [0.717, 1.165) is 15.1 Å². The molecule has 122 valence electrons. The highest BCUT2D eigenvalue weighted by molar-refractivity contribution is 7.89. The van der Waals surface area contributed by atoms with Gasteiger partial charge in [-0.25, -0.2) is 13.4 Å². The van der Waals surface area contributed by atoms with Crippen molar-refractivity contribution in [1.82, 2.24) is 23.6 Å². The Hall–Kier alpha value is -1.88. The minimum atomic E-state index is -4.57. The molecule has 2 heterocycles. The van der Waals surface area contributed by atoms with E-state index in [2.05, 4.69) is 10.1 Å². The third-order valence-electron chi connectivity index (χ3n) is 3.01. The Kier molecular flexibility index (Phi) is 4.04. The minimum Gasteiger partial charge on any atom is -0.339 e. The number of imidazole rings is 1. The van der Waals surface area contributed by atoms with E-state index < -0.39 is 21.9 Å². The number of hydrogen-bond donors (Lipinski definition) is 0. The summed E-state index contributed by atoms with van der Waals surface area (Å²) in [6.45, 7) is -0.252. The molecule has 0 saturated carbocycles. The quantitative estimate of drug-likeness (QED) is 0.834. The molecule has 0 amide bonds. The molecule has 11 heteroatoms. The number of nitrogens with zero attached hydrogens (tertiary/aromatic N) is 5. The Morgan fingerprint density at radius 2 is 1.95 bits per heavy atom. The van der Waals surface area contributed by atoms with Crippen molar-refractivity contribution in [3.8, 4) is 0 Å². The van der Waals surface area contributed by atoms with Crippen molar-refractivity contribution in [1.29, 1.82) is 0 Å². The van der Waals surface area contributed by atoms with E-state index in [4.69, 9.17) is 0 Å². The van der Waals surface area contributed by atoms with Crippen LogP contribution in [0, 0.1) is 0 Å². The predicted octanol–water partition coefficient (Wildman–Crippen LogP) is 0.993. The summed E-state index contributed by atoms with van der Waals surface area (Å²) in [5, 5.41) is 3.17. The number of rotatable bonds is 4. The molecule has 0 aromatic carbocycles. The van der Waals surface area contributed by atoms with Crippen LogP contribution in [0.4, 0.5) is 13.2 Å². The maximum absolute atomic E-state index is 12.6. The molecule has 0 unspecified atom stereocenters. The zero-order valence-electron chi connectivity index (χ0n) is 12.0. The second-order valence-corrected chi connectivity index (χ2v) is 6.77. The third kappa shape index (κ3) is 3.14. The van der Waals surface area contributed by atoms with Crippen LogP contribution in [0.25, 0.3) is 0 Å². The maximum atomic E-state index is 12.6. The first-order chi connectivity index (χ1) is 10.0. The van der Waals surface area contributed by atoms with Gasteiger partial charge < -0.3 is 4.57 Å². The van der Waals surface area contributed by atoms with Gasteiger partial charge >= 0.3 is 6.18 Å². The molecule has 0 aliphatic rings. The molecule has 0 aliphatic heterocycles. The molecule has 0 radical (unpaired) electrons. The fraction of sp³-hybridized carbons (Fsp3) is 0.455. The van der Waals surface area contributed by atoms with Crippen molar-refractivity contribution < 1.29 is 21.6 Å². The molecule has 0 N–H and O–H groups in total. The standard InChI is InChI=1S/C11H14F3N5O2S/c1-17-6-10(15-7-17)22(20,21)18(2)5-8-4-9(11(12,13)14)16-19(8)3/h4,6-7H,5H2,1-3H3. The summed E-state index contributed by atoms with van der Waals surface area (Å²) < 4.78 is 65.7. The van der Waals surface area contributed by atoms with Gasteiger partial charge in [0.1, 0.15) is 0 Å². The van der Waals surface area contributed by atoms with Gasteiger partial charge in [-0.1, -0.05) is 0 Å². The molecule has 22 heavy (non-hydrogen) atoms. The molecule has 0 bridgehead atoms. The number of aryl methyl sites for hydroxylation is 2. The normalized spacial score (nSPS) is 13.0. The van der Waals surface area contributed by atoms with E-state index in [-0.39, 0.29) is 17.3 Å². The molecule has 0 spiro atoms. The lowest BCUT2D eigenvalue weighted by molar-refractivity contribution is -0.141.